The maximum Gasteiger partial charge on any atom is 0.244 e. The molecule has 1 saturated heterocycles. The van der Waals surface area contributed by atoms with Crippen LogP contribution in [0.5, 0.6) is 0 Å². The monoisotopic (exact) mass is 246 g/mol. The van der Waals surface area contributed by atoms with Crippen molar-refractivity contribution in [2.45, 2.75) is 44.9 Å². The zero-order chi connectivity index (χ0) is 11.9. The number of hydrogen-bond donors (Lipinski definition) is 1. The van der Waals surface area contributed by atoms with Gasteiger partial charge in [-0.25, -0.2) is 0 Å². The van der Waals surface area contributed by atoms with E-state index in [1.165, 1.54) is 51.6 Å². The van der Waals surface area contributed by atoms with Gasteiger partial charge >= 0.3 is 0 Å². The molecule has 18 heavy (non-hydrogen) atoms. The predicted molar refractivity (Wildman–Crippen MR) is 70.5 cm³/mol. The van der Waals surface area contributed by atoms with Crippen LogP contribution in [0.15, 0.2) is 0 Å². The van der Waals surface area contributed by atoms with Crippen molar-refractivity contribution in [3.8, 4) is 0 Å². The van der Waals surface area contributed by atoms with Crippen LogP contribution in [0.25, 0.3) is 0 Å². The summed E-state index contributed by atoms with van der Waals surface area (Å²) in [5, 5.41) is 7.57. The van der Waals surface area contributed by atoms with Crippen molar-refractivity contribution in [1.82, 2.24) is 15.2 Å². The first-order valence-electron chi connectivity index (χ1n) is 7.55. The molecule has 2 heterocycles. The molecule has 0 spiro atoms. The Bertz CT molecular complexity index is 411. The molecule has 0 radical (unpaired) electrons. The van der Waals surface area contributed by atoms with Crippen molar-refractivity contribution in [3.63, 3.8) is 0 Å². The number of anilines is 1. The standard InChI is InChI=1S/C14H22N4/c1-2-4-10(5-3-1)6-13-15-14(17-16-13)18-8-11-7-12(11)9-18/h10-12H,1-9H2,(H,15,16,17). The van der Waals surface area contributed by atoms with Crippen LogP contribution in [-0.2, 0) is 6.42 Å². The lowest BCUT2D eigenvalue weighted by molar-refractivity contribution is 0.352. The molecular weight excluding hydrogens is 224 g/mol. The van der Waals surface area contributed by atoms with E-state index in [4.69, 9.17) is 4.98 Å². The summed E-state index contributed by atoms with van der Waals surface area (Å²) in [6.07, 6.45) is 9.54. The predicted octanol–water partition coefficient (Wildman–Crippen LogP) is 2.38. The average Bonchev–Trinajstić information content (AvgIpc) is 2.83. The quantitative estimate of drug-likeness (QED) is 0.890. The van der Waals surface area contributed by atoms with Gasteiger partial charge in [-0.1, -0.05) is 32.1 Å². The van der Waals surface area contributed by atoms with Gasteiger partial charge in [0.2, 0.25) is 5.95 Å². The van der Waals surface area contributed by atoms with Gasteiger partial charge in [-0.3, -0.25) is 5.10 Å². The molecule has 2 saturated carbocycles. The molecule has 3 fully saturated rings. The van der Waals surface area contributed by atoms with Crippen LogP contribution in [0.1, 0.15) is 44.3 Å². The highest BCUT2D eigenvalue weighted by molar-refractivity contribution is 5.33. The molecular formula is C14H22N4. The van der Waals surface area contributed by atoms with Gasteiger partial charge in [-0.05, 0) is 24.2 Å². The Labute approximate surface area is 108 Å². The lowest BCUT2D eigenvalue weighted by Gasteiger charge is -2.20. The van der Waals surface area contributed by atoms with Gasteiger partial charge in [0.15, 0.2) is 0 Å². The third kappa shape index (κ3) is 2.02. The molecule has 4 nitrogen and oxygen atoms in total. The Morgan fingerprint density at radius 3 is 2.67 bits per heavy atom. The fraction of sp³-hybridized carbons (Fsp3) is 0.857. The van der Waals surface area contributed by atoms with E-state index in [1.54, 1.807) is 0 Å². The zero-order valence-electron chi connectivity index (χ0n) is 10.9. The molecule has 1 N–H and O–H groups in total. The Morgan fingerprint density at radius 2 is 1.89 bits per heavy atom. The van der Waals surface area contributed by atoms with Crippen LogP contribution < -0.4 is 4.90 Å². The Hall–Kier alpha value is -1.06. The Balaban J connectivity index is 1.38. The second kappa shape index (κ2) is 4.25. The largest absolute Gasteiger partial charge is 0.339 e. The molecule has 2 aliphatic carbocycles. The number of nitrogens with one attached hydrogen (secondary N) is 1. The van der Waals surface area contributed by atoms with Gasteiger partial charge in [0.25, 0.3) is 0 Å². The number of rotatable bonds is 3. The van der Waals surface area contributed by atoms with E-state index < -0.39 is 0 Å². The first-order valence-corrected chi connectivity index (χ1v) is 7.55. The molecule has 2 unspecified atom stereocenters. The fourth-order valence-corrected chi connectivity index (χ4v) is 3.74. The molecule has 3 aliphatic rings. The van der Waals surface area contributed by atoms with Crippen molar-refractivity contribution in [1.29, 1.82) is 0 Å². The molecule has 4 heteroatoms. The van der Waals surface area contributed by atoms with Crippen LogP contribution >= 0.6 is 0 Å². The minimum Gasteiger partial charge on any atom is -0.339 e. The highest BCUT2D eigenvalue weighted by Gasteiger charge is 2.46. The maximum absolute atomic E-state index is 4.70. The lowest BCUT2D eigenvalue weighted by atomic mass is 9.87. The van der Waals surface area contributed by atoms with E-state index in [0.29, 0.717) is 0 Å². The molecule has 1 aromatic heterocycles. The fourth-order valence-electron chi connectivity index (χ4n) is 3.74. The number of aromatic nitrogens is 3. The smallest absolute Gasteiger partial charge is 0.244 e. The lowest BCUT2D eigenvalue weighted by Crippen LogP contribution is -2.23. The van der Waals surface area contributed by atoms with Crippen molar-refractivity contribution in [2.75, 3.05) is 18.0 Å². The van der Waals surface area contributed by atoms with Gasteiger partial charge in [0, 0.05) is 19.5 Å². The summed E-state index contributed by atoms with van der Waals surface area (Å²) in [5.41, 5.74) is 0. The van der Waals surface area contributed by atoms with E-state index in [9.17, 15) is 0 Å². The Morgan fingerprint density at radius 1 is 1.11 bits per heavy atom. The van der Waals surface area contributed by atoms with Gasteiger partial charge in [0.05, 0.1) is 0 Å². The molecule has 0 bridgehead atoms. The third-order valence-corrected chi connectivity index (χ3v) is 4.99. The van der Waals surface area contributed by atoms with Crippen LogP contribution in [-0.4, -0.2) is 28.3 Å². The van der Waals surface area contributed by atoms with E-state index >= 15 is 0 Å². The summed E-state index contributed by atoms with van der Waals surface area (Å²) in [7, 11) is 0. The minimum absolute atomic E-state index is 0.839. The summed E-state index contributed by atoms with van der Waals surface area (Å²) in [6.45, 7) is 2.37. The van der Waals surface area contributed by atoms with Crippen molar-refractivity contribution >= 4 is 5.95 Å². The van der Waals surface area contributed by atoms with Gasteiger partial charge in [0.1, 0.15) is 5.82 Å². The normalized spacial score (nSPS) is 31.7. The minimum atomic E-state index is 0.839. The van der Waals surface area contributed by atoms with Crippen LogP contribution in [0, 0.1) is 17.8 Å². The second-order valence-electron chi connectivity index (χ2n) is 6.45. The van der Waals surface area contributed by atoms with Gasteiger partial charge < -0.3 is 4.90 Å². The first kappa shape index (κ1) is 10.8. The molecule has 0 amide bonds. The SMILES string of the molecule is C1CCC(Cc2nc(N3CC4CC4C3)n[nH]2)CC1. The van der Waals surface area contributed by atoms with Gasteiger partial charge in [-0.2, -0.15) is 4.98 Å². The highest BCUT2D eigenvalue weighted by Crippen LogP contribution is 2.45. The molecule has 1 aliphatic heterocycles. The van der Waals surface area contributed by atoms with Crippen molar-refractivity contribution in [2.24, 2.45) is 17.8 Å². The summed E-state index contributed by atoms with van der Waals surface area (Å²) in [5.74, 6) is 4.80. The first-order chi connectivity index (χ1) is 8.88. The number of hydrogen-bond acceptors (Lipinski definition) is 3. The van der Waals surface area contributed by atoms with Crippen LogP contribution in [0.3, 0.4) is 0 Å². The summed E-state index contributed by atoms with van der Waals surface area (Å²) < 4.78 is 0. The zero-order valence-corrected chi connectivity index (χ0v) is 10.9. The van der Waals surface area contributed by atoms with Crippen LogP contribution in [0.2, 0.25) is 0 Å². The molecule has 1 aromatic rings. The second-order valence-corrected chi connectivity index (χ2v) is 6.45. The van der Waals surface area contributed by atoms with E-state index in [2.05, 4.69) is 15.1 Å². The average molecular weight is 246 g/mol. The summed E-state index contributed by atoms with van der Waals surface area (Å²) >= 11 is 0. The molecule has 0 aromatic carbocycles. The number of piperidine rings is 1. The number of fused-ring (bicyclic) bond motifs is 1. The van der Waals surface area contributed by atoms with Crippen LogP contribution in [0.4, 0.5) is 5.95 Å². The molecule has 98 valence electrons. The number of aromatic amines is 1. The molecule has 4 rings (SSSR count). The number of nitrogens with zero attached hydrogens (tertiary/aromatic N) is 3. The Kier molecular flexibility index (Phi) is 2.55. The number of H-pyrrole nitrogens is 1. The van der Waals surface area contributed by atoms with E-state index in [1.807, 2.05) is 0 Å². The topological polar surface area (TPSA) is 44.8 Å². The van der Waals surface area contributed by atoms with Gasteiger partial charge in [-0.15, -0.1) is 5.10 Å². The highest BCUT2D eigenvalue weighted by atomic mass is 15.4. The van der Waals surface area contributed by atoms with E-state index in [0.717, 1.165) is 35.9 Å². The molecule has 2 atom stereocenters. The van der Waals surface area contributed by atoms with Crippen molar-refractivity contribution < 1.29 is 0 Å². The summed E-state index contributed by atoms with van der Waals surface area (Å²) in [6, 6.07) is 0. The van der Waals surface area contributed by atoms with Crippen molar-refractivity contribution in [3.05, 3.63) is 5.82 Å². The maximum atomic E-state index is 4.70. The summed E-state index contributed by atoms with van der Waals surface area (Å²) in [4.78, 5) is 7.06. The third-order valence-electron chi connectivity index (χ3n) is 4.99. The van der Waals surface area contributed by atoms with E-state index in [-0.39, 0.29) is 0 Å².